The van der Waals surface area contributed by atoms with Gasteiger partial charge in [0.25, 0.3) is 0 Å². The molecule has 4 nitrogen and oxygen atoms in total. The average Bonchev–Trinajstić information content (AvgIpc) is 3.01. The minimum atomic E-state index is 0.234. The molecule has 1 amide bonds. The van der Waals surface area contributed by atoms with Crippen LogP contribution >= 0.6 is 0 Å². The van der Waals surface area contributed by atoms with Crippen molar-refractivity contribution in [2.24, 2.45) is 0 Å². The lowest BCUT2D eigenvalue weighted by Gasteiger charge is -2.24. The van der Waals surface area contributed by atoms with E-state index in [1.54, 1.807) is 6.20 Å². The number of aryl methyl sites for hydroxylation is 1. The van der Waals surface area contributed by atoms with Gasteiger partial charge in [-0.3, -0.25) is 9.78 Å². The van der Waals surface area contributed by atoms with Crippen LogP contribution in [0.3, 0.4) is 0 Å². The molecule has 1 aromatic heterocycles. The van der Waals surface area contributed by atoms with E-state index in [9.17, 15) is 4.79 Å². The standard InChI is InChI=1S/C17H27N3O/c1-14-12-18-9-8-16(14)13-19(3)17(21)7-6-15(2)20-10-4-5-11-20/h8-9,12,15H,4-7,10-11,13H2,1-3H3/t15-/m0/s1. The van der Waals surface area contributed by atoms with Gasteiger partial charge >= 0.3 is 0 Å². The largest absolute Gasteiger partial charge is 0.341 e. The first-order valence-electron chi connectivity index (χ1n) is 7.95. The average molecular weight is 289 g/mol. The van der Waals surface area contributed by atoms with Crippen LogP contribution in [0.5, 0.6) is 0 Å². The van der Waals surface area contributed by atoms with E-state index in [-0.39, 0.29) is 5.91 Å². The van der Waals surface area contributed by atoms with Crippen LogP contribution in [0.2, 0.25) is 0 Å². The summed E-state index contributed by atoms with van der Waals surface area (Å²) in [7, 11) is 1.89. The van der Waals surface area contributed by atoms with Crippen molar-refractivity contribution >= 4 is 5.91 Å². The zero-order chi connectivity index (χ0) is 15.2. The Kier molecular flexibility index (Phi) is 5.74. The van der Waals surface area contributed by atoms with E-state index in [1.807, 2.05) is 31.1 Å². The zero-order valence-electron chi connectivity index (χ0n) is 13.5. The fraction of sp³-hybridized carbons (Fsp3) is 0.647. The molecular weight excluding hydrogens is 262 g/mol. The molecule has 0 bridgehead atoms. The van der Waals surface area contributed by atoms with Crippen molar-refractivity contribution in [3.63, 3.8) is 0 Å². The summed E-state index contributed by atoms with van der Waals surface area (Å²) in [6.07, 6.45) is 7.84. The molecule has 0 unspecified atom stereocenters. The zero-order valence-corrected chi connectivity index (χ0v) is 13.5. The van der Waals surface area contributed by atoms with E-state index in [0.717, 1.165) is 12.0 Å². The highest BCUT2D eigenvalue weighted by Crippen LogP contribution is 2.16. The molecule has 0 saturated carbocycles. The van der Waals surface area contributed by atoms with Gasteiger partial charge in [0.15, 0.2) is 0 Å². The molecule has 1 aromatic rings. The van der Waals surface area contributed by atoms with Crippen molar-refractivity contribution in [2.75, 3.05) is 20.1 Å². The van der Waals surface area contributed by atoms with Crippen LogP contribution in [0.15, 0.2) is 18.5 Å². The highest BCUT2D eigenvalue weighted by Gasteiger charge is 2.19. The van der Waals surface area contributed by atoms with Crippen LogP contribution in [-0.2, 0) is 11.3 Å². The Hall–Kier alpha value is -1.42. The summed E-state index contributed by atoms with van der Waals surface area (Å²) < 4.78 is 0. The minimum absolute atomic E-state index is 0.234. The summed E-state index contributed by atoms with van der Waals surface area (Å²) in [6.45, 7) is 7.34. The molecule has 0 N–H and O–H groups in total. The van der Waals surface area contributed by atoms with Crippen molar-refractivity contribution in [3.8, 4) is 0 Å². The molecule has 21 heavy (non-hydrogen) atoms. The van der Waals surface area contributed by atoms with Gasteiger partial charge in [0.2, 0.25) is 5.91 Å². The first-order chi connectivity index (χ1) is 10.1. The maximum Gasteiger partial charge on any atom is 0.222 e. The summed E-state index contributed by atoms with van der Waals surface area (Å²) in [5, 5.41) is 0. The van der Waals surface area contributed by atoms with Crippen molar-refractivity contribution in [1.82, 2.24) is 14.8 Å². The number of rotatable bonds is 6. The summed E-state index contributed by atoms with van der Waals surface area (Å²) >= 11 is 0. The van der Waals surface area contributed by atoms with Crippen LogP contribution in [0.25, 0.3) is 0 Å². The molecule has 1 aliphatic rings. The van der Waals surface area contributed by atoms with E-state index in [4.69, 9.17) is 0 Å². The van der Waals surface area contributed by atoms with E-state index in [0.29, 0.717) is 19.0 Å². The Morgan fingerprint density at radius 3 is 2.81 bits per heavy atom. The maximum atomic E-state index is 12.3. The van der Waals surface area contributed by atoms with E-state index in [2.05, 4.69) is 16.8 Å². The molecule has 0 radical (unpaired) electrons. The number of amides is 1. The molecule has 1 fully saturated rings. The van der Waals surface area contributed by atoms with E-state index in [1.165, 1.54) is 31.5 Å². The Morgan fingerprint density at radius 1 is 1.43 bits per heavy atom. The summed E-state index contributed by atoms with van der Waals surface area (Å²) in [6, 6.07) is 2.51. The van der Waals surface area contributed by atoms with Crippen LogP contribution in [0, 0.1) is 6.92 Å². The third-order valence-electron chi connectivity index (χ3n) is 4.51. The quantitative estimate of drug-likeness (QED) is 0.807. The van der Waals surface area contributed by atoms with Crippen molar-refractivity contribution in [1.29, 1.82) is 0 Å². The Morgan fingerprint density at radius 2 is 2.14 bits per heavy atom. The summed E-state index contributed by atoms with van der Waals surface area (Å²) in [5.41, 5.74) is 2.32. The second-order valence-corrected chi connectivity index (χ2v) is 6.18. The van der Waals surface area contributed by atoms with Gasteiger partial charge in [-0.2, -0.15) is 0 Å². The Balaban J connectivity index is 1.78. The SMILES string of the molecule is Cc1cnccc1CN(C)C(=O)CC[C@H](C)N1CCCC1. The van der Waals surface area contributed by atoms with Gasteiger partial charge in [0.05, 0.1) is 0 Å². The number of nitrogens with zero attached hydrogens (tertiary/aromatic N) is 3. The predicted molar refractivity (Wildman–Crippen MR) is 85.0 cm³/mol. The molecular formula is C17H27N3O. The highest BCUT2D eigenvalue weighted by molar-refractivity contribution is 5.75. The number of hydrogen-bond donors (Lipinski definition) is 0. The van der Waals surface area contributed by atoms with Crippen LogP contribution in [0.4, 0.5) is 0 Å². The second-order valence-electron chi connectivity index (χ2n) is 6.18. The molecule has 2 heterocycles. The molecule has 0 spiro atoms. The van der Waals surface area contributed by atoms with Gasteiger partial charge in [0.1, 0.15) is 0 Å². The monoisotopic (exact) mass is 289 g/mol. The molecule has 1 saturated heterocycles. The number of hydrogen-bond acceptors (Lipinski definition) is 3. The van der Waals surface area contributed by atoms with Gasteiger partial charge in [-0.05, 0) is 63.4 Å². The Bertz CT molecular complexity index is 469. The van der Waals surface area contributed by atoms with Gasteiger partial charge in [0, 0.05) is 38.4 Å². The molecule has 1 aliphatic heterocycles. The van der Waals surface area contributed by atoms with E-state index >= 15 is 0 Å². The summed E-state index contributed by atoms with van der Waals surface area (Å²) in [4.78, 5) is 20.7. The topological polar surface area (TPSA) is 36.4 Å². The van der Waals surface area contributed by atoms with Gasteiger partial charge < -0.3 is 9.80 Å². The van der Waals surface area contributed by atoms with Crippen molar-refractivity contribution in [2.45, 2.75) is 52.1 Å². The normalized spacial score (nSPS) is 16.9. The first kappa shape index (κ1) is 16.0. The fourth-order valence-electron chi connectivity index (χ4n) is 2.91. The lowest BCUT2D eigenvalue weighted by atomic mass is 10.1. The van der Waals surface area contributed by atoms with Gasteiger partial charge in [-0.25, -0.2) is 0 Å². The van der Waals surface area contributed by atoms with Crippen LogP contribution in [0.1, 0.15) is 43.7 Å². The maximum absolute atomic E-state index is 12.3. The molecule has 0 aromatic carbocycles. The van der Waals surface area contributed by atoms with Crippen LogP contribution < -0.4 is 0 Å². The number of likely N-dealkylation sites (tertiary alicyclic amines) is 1. The second kappa shape index (κ2) is 7.55. The molecule has 116 valence electrons. The molecule has 0 aliphatic carbocycles. The smallest absolute Gasteiger partial charge is 0.222 e. The number of carbonyl (C=O) groups excluding carboxylic acids is 1. The van der Waals surface area contributed by atoms with Crippen molar-refractivity contribution in [3.05, 3.63) is 29.6 Å². The number of carbonyl (C=O) groups is 1. The molecule has 2 rings (SSSR count). The lowest BCUT2D eigenvalue weighted by molar-refractivity contribution is -0.130. The Labute approximate surface area is 128 Å². The molecule has 4 heteroatoms. The highest BCUT2D eigenvalue weighted by atomic mass is 16.2. The van der Waals surface area contributed by atoms with E-state index < -0.39 is 0 Å². The molecule has 1 atom stereocenters. The minimum Gasteiger partial charge on any atom is -0.341 e. The lowest BCUT2D eigenvalue weighted by Crippen LogP contribution is -2.32. The number of aromatic nitrogens is 1. The van der Waals surface area contributed by atoms with Gasteiger partial charge in [-0.1, -0.05) is 0 Å². The van der Waals surface area contributed by atoms with Gasteiger partial charge in [-0.15, -0.1) is 0 Å². The predicted octanol–water partition coefficient (Wildman–Crippen LogP) is 2.61. The first-order valence-corrected chi connectivity index (χ1v) is 7.95. The third kappa shape index (κ3) is 4.53. The summed E-state index contributed by atoms with van der Waals surface area (Å²) in [5.74, 6) is 0.234. The van der Waals surface area contributed by atoms with Crippen LogP contribution in [-0.4, -0.2) is 46.9 Å². The fourth-order valence-corrected chi connectivity index (χ4v) is 2.91. The number of pyridine rings is 1. The van der Waals surface area contributed by atoms with Crippen molar-refractivity contribution < 1.29 is 4.79 Å². The third-order valence-corrected chi connectivity index (χ3v) is 4.51.